The van der Waals surface area contributed by atoms with Gasteiger partial charge in [0.05, 0.1) is 37.5 Å². The zero-order valence-electron chi connectivity index (χ0n) is 17.4. The highest BCUT2D eigenvalue weighted by Crippen LogP contribution is 2.44. The fraction of sp³-hybridized carbons (Fsp3) is 0.364. The number of anilines is 1. The molecule has 2 aliphatic rings. The normalized spacial score (nSPS) is 23.0. The predicted molar refractivity (Wildman–Crippen MR) is 123 cm³/mol. The standard InChI is InChI=1S/C22H24N2O5S2/c1-28-16-9-10-17(19(12-16)29-2)24-18-13-31(26,27)14-20(18)30-22(24)23-21(25)11-8-15-6-4-3-5-7-15/h3-7,9-10,12,18,20H,8,11,13-14H2,1-2H3/t18-,20-/m1/s1. The van der Waals surface area contributed by atoms with Gasteiger partial charge in [0.25, 0.3) is 0 Å². The van der Waals surface area contributed by atoms with Crippen molar-refractivity contribution in [2.45, 2.75) is 24.1 Å². The summed E-state index contributed by atoms with van der Waals surface area (Å²) in [5.74, 6) is 1.03. The highest BCUT2D eigenvalue weighted by Gasteiger charge is 2.50. The first-order valence-corrected chi connectivity index (χ1v) is 12.6. The van der Waals surface area contributed by atoms with Crippen LogP contribution < -0.4 is 14.4 Å². The highest BCUT2D eigenvalue weighted by molar-refractivity contribution is 8.16. The molecule has 0 radical (unpaired) electrons. The largest absolute Gasteiger partial charge is 0.497 e. The number of aryl methyl sites for hydroxylation is 1. The molecule has 4 rings (SSSR count). The summed E-state index contributed by atoms with van der Waals surface area (Å²) in [5, 5.41) is 0.351. The van der Waals surface area contributed by atoms with Crippen molar-refractivity contribution in [1.82, 2.24) is 0 Å². The van der Waals surface area contributed by atoms with Gasteiger partial charge in [-0.15, -0.1) is 0 Å². The summed E-state index contributed by atoms with van der Waals surface area (Å²) < 4.78 is 35.3. The Kier molecular flexibility index (Phi) is 6.24. The molecule has 0 bridgehead atoms. The molecular weight excluding hydrogens is 436 g/mol. The Hall–Kier alpha value is -2.52. The molecule has 1 amide bonds. The number of thioether (sulfide) groups is 1. The van der Waals surface area contributed by atoms with Crippen LogP contribution in [0.3, 0.4) is 0 Å². The van der Waals surface area contributed by atoms with Gasteiger partial charge in [0.1, 0.15) is 11.5 Å². The molecule has 2 aromatic carbocycles. The number of amidine groups is 1. The third-order valence-corrected chi connectivity index (χ3v) is 8.61. The van der Waals surface area contributed by atoms with Crippen LogP contribution in [0.5, 0.6) is 11.5 Å². The minimum absolute atomic E-state index is 0.0249. The summed E-state index contributed by atoms with van der Waals surface area (Å²) in [7, 11) is -0.0296. The van der Waals surface area contributed by atoms with E-state index in [0.29, 0.717) is 28.8 Å². The Morgan fingerprint density at radius 3 is 2.61 bits per heavy atom. The summed E-state index contributed by atoms with van der Waals surface area (Å²) in [5.41, 5.74) is 1.75. The lowest BCUT2D eigenvalue weighted by molar-refractivity contribution is -0.117. The van der Waals surface area contributed by atoms with E-state index in [1.165, 1.54) is 11.8 Å². The molecule has 2 atom stereocenters. The van der Waals surface area contributed by atoms with E-state index < -0.39 is 9.84 Å². The Morgan fingerprint density at radius 1 is 1.13 bits per heavy atom. The number of fused-ring (bicyclic) bond motifs is 1. The molecule has 2 saturated heterocycles. The van der Waals surface area contributed by atoms with E-state index in [1.54, 1.807) is 26.4 Å². The van der Waals surface area contributed by atoms with Crippen molar-refractivity contribution in [3.8, 4) is 11.5 Å². The average molecular weight is 461 g/mol. The molecule has 164 valence electrons. The number of benzene rings is 2. The number of sulfone groups is 1. The second-order valence-electron chi connectivity index (χ2n) is 7.48. The van der Waals surface area contributed by atoms with E-state index in [1.807, 2.05) is 41.3 Å². The average Bonchev–Trinajstić information content (AvgIpc) is 3.23. The van der Waals surface area contributed by atoms with Gasteiger partial charge < -0.3 is 14.4 Å². The van der Waals surface area contributed by atoms with Gasteiger partial charge in [-0.2, -0.15) is 4.99 Å². The van der Waals surface area contributed by atoms with Crippen LogP contribution in [-0.4, -0.2) is 56.5 Å². The van der Waals surface area contributed by atoms with E-state index in [9.17, 15) is 13.2 Å². The Morgan fingerprint density at radius 2 is 1.90 bits per heavy atom. The summed E-state index contributed by atoms with van der Waals surface area (Å²) >= 11 is 1.35. The minimum Gasteiger partial charge on any atom is -0.497 e. The van der Waals surface area contributed by atoms with E-state index in [4.69, 9.17) is 9.47 Å². The quantitative estimate of drug-likeness (QED) is 0.655. The molecule has 2 fully saturated rings. The zero-order chi connectivity index (χ0) is 22.0. The number of nitrogens with zero attached hydrogens (tertiary/aromatic N) is 2. The summed E-state index contributed by atoms with van der Waals surface area (Å²) in [6, 6.07) is 14.8. The van der Waals surface area contributed by atoms with E-state index >= 15 is 0 Å². The summed E-state index contributed by atoms with van der Waals surface area (Å²) in [6.45, 7) is 0. The van der Waals surface area contributed by atoms with Crippen LogP contribution in [-0.2, 0) is 21.1 Å². The molecule has 0 unspecified atom stereocenters. The van der Waals surface area contributed by atoms with Gasteiger partial charge in [0.2, 0.25) is 5.91 Å². The third-order valence-electron chi connectivity index (χ3n) is 5.40. The number of aliphatic imine (C=N–C) groups is 1. The van der Waals surface area contributed by atoms with Crippen LogP contribution in [0.15, 0.2) is 53.5 Å². The number of rotatable bonds is 6. The molecule has 2 heterocycles. The predicted octanol–water partition coefficient (Wildman–Crippen LogP) is 2.94. The van der Waals surface area contributed by atoms with Crippen molar-refractivity contribution >= 4 is 38.4 Å². The van der Waals surface area contributed by atoms with Crippen molar-refractivity contribution in [1.29, 1.82) is 0 Å². The molecular formula is C22H24N2O5S2. The second kappa shape index (κ2) is 8.92. The van der Waals surface area contributed by atoms with Gasteiger partial charge in [-0.1, -0.05) is 42.1 Å². The maximum Gasteiger partial charge on any atom is 0.248 e. The molecule has 7 nitrogen and oxygen atoms in total. The Bertz CT molecular complexity index is 1100. The van der Waals surface area contributed by atoms with Crippen LogP contribution in [0, 0.1) is 0 Å². The molecule has 2 aromatic rings. The number of hydrogen-bond acceptors (Lipinski definition) is 6. The van der Waals surface area contributed by atoms with Crippen molar-refractivity contribution in [3.63, 3.8) is 0 Å². The van der Waals surface area contributed by atoms with Crippen LogP contribution in [0.1, 0.15) is 12.0 Å². The van der Waals surface area contributed by atoms with Gasteiger partial charge in [0.15, 0.2) is 15.0 Å². The fourth-order valence-electron chi connectivity index (χ4n) is 3.89. The van der Waals surface area contributed by atoms with E-state index in [2.05, 4.69) is 4.99 Å². The van der Waals surface area contributed by atoms with Crippen LogP contribution >= 0.6 is 11.8 Å². The maximum absolute atomic E-state index is 12.7. The topological polar surface area (TPSA) is 85.3 Å². The van der Waals surface area contributed by atoms with Crippen molar-refractivity contribution < 1.29 is 22.7 Å². The zero-order valence-corrected chi connectivity index (χ0v) is 19.0. The molecule has 0 saturated carbocycles. The van der Waals surface area contributed by atoms with Gasteiger partial charge in [-0.25, -0.2) is 8.42 Å². The first-order valence-electron chi connectivity index (χ1n) is 9.94. The lowest BCUT2D eigenvalue weighted by Gasteiger charge is -2.26. The number of carbonyl (C=O) groups is 1. The monoisotopic (exact) mass is 460 g/mol. The molecule has 0 aromatic heterocycles. The molecule has 9 heteroatoms. The van der Waals surface area contributed by atoms with Crippen molar-refractivity contribution in [2.24, 2.45) is 4.99 Å². The first-order chi connectivity index (χ1) is 14.9. The Labute approximate surface area is 186 Å². The number of hydrogen-bond donors (Lipinski definition) is 0. The third kappa shape index (κ3) is 4.72. The smallest absolute Gasteiger partial charge is 0.248 e. The molecule has 0 N–H and O–H groups in total. The van der Waals surface area contributed by atoms with E-state index in [-0.39, 0.29) is 35.1 Å². The lowest BCUT2D eigenvalue weighted by atomic mass is 10.1. The molecule has 0 aliphatic carbocycles. The first kappa shape index (κ1) is 21.7. The number of methoxy groups -OCH3 is 2. The van der Waals surface area contributed by atoms with Gasteiger partial charge >= 0.3 is 0 Å². The minimum atomic E-state index is -3.14. The number of carbonyl (C=O) groups excluding carboxylic acids is 1. The Balaban J connectivity index is 1.63. The van der Waals surface area contributed by atoms with E-state index in [0.717, 1.165) is 5.56 Å². The second-order valence-corrected chi connectivity index (χ2v) is 10.8. The van der Waals surface area contributed by atoms with Gasteiger partial charge in [-0.3, -0.25) is 4.79 Å². The summed E-state index contributed by atoms with van der Waals surface area (Å²) in [4.78, 5) is 18.9. The number of amides is 1. The molecule has 31 heavy (non-hydrogen) atoms. The molecule has 2 aliphatic heterocycles. The summed E-state index contributed by atoms with van der Waals surface area (Å²) in [6.07, 6.45) is 0.892. The highest BCUT2D eigenvalue weighted by atomic mass is 32.2. The van der Waals surface area contributed by atoms with Crippen LogP contribution in [0.4, 0.5) is 5.69 Å². The lowest BCUT2D eigenvalue weighted by Crippen LogP contribution is -2.38. The van der Waals surface area contributed by atoms with Crippen molar-refractivity contribution in [2.75, 3.05) is 30.6 Å². The van der Waals surface area contributed by atoms with Gasteiger partial charge in [0, 0.05) is 17.7 Å². The molecule has 0 spiro atoms. The number of ether oxygens (including phenoxy) is 2. The fourth-order valence-corrected chi connectivity index (χ4v) is 7.81. The maximum atomic E-state index is 12.7. The van der Waals surface area contributed by atoms with Crippen LogP contribution in [0.2, 0.25) is 0 Å². The SMILES string of the molecule is COc1ccc(N2C(=NC(=O)CCc3ccccc3)S[C@@H]3CS(=O)(=O)C[C@H]32)c(OC)c1. The van der Waals surface area contributed by atoms with Crippen LogP contribution in [0.25, 0.3) is 0 Å². The van der Waals surface area contributed by atoms with Crippen molar-refractivity contribution in [3.05, 3.63) is 54.1 Å². The van der Waals surface area contributed by atoms with Gasteiger partial charge in [-0.05, 0) is 24.1 Å².